The van der Waals surface area contributed by atoms with Crippen LogP contribution in [0.1, 0.15) is 39.5 Å². The van der Waals surface area contributed by atoms with Gasteiger partial charge in [0.1, 0.15) is 0 Å². The van der Waals surface area contributed by atoms with E-state index in [1.165, 1.54) is 23.1 Å². The molecule has 0 saturated heterocycles. The summed E-state index contributed by atoms with van der Waals surface area (Å²) in [5.74, 6) is 0.314. The summed E-state index contributed by atoms with van der Waals surface area (Å²) in [6.07, 6.45) is 1.53. The van der Waals surface area contributed by atoms with Crippen LogP contribution in [0, 0.1) is 24.3 Å². The molecule has 2 amide bonds. The summed E-state index contributed by atoms with van der Waals surface area (Å²) in [5.41, 5.74) is 10.5. The predicted molar refractivity (Wildman–Crippen MR) is 197 cm³/mol. The number of halogens is 1. The van der Waals surface area contributed by atoms with Gasteiger partial charge in [-0.25, -0.2) is 10.4 Å². The van der Waals surface area contributed by atoms with Crippen molar-refractivity contribution in [3.8, 4) is 22.8 Å². The number of carbonyl (C=O) groups excluding carboxylic acids is 2. The largest absolute Gasteiger partial charge is 0.490 e. The number of hydrogen-bond donors (Lipinski definition) is 3. The summed E-state index contributed by atoms with van der Waals surface area (Å²) in [6.45, 7) is 8.09. The molecule has 0 spiro atoms. The number of aryl methyl sites for hydroxylation is 3. The van der Waals surface area contributed by atoms with Crippen molar-refractivity contribution in [2.24, 2.45) is 5.10 Å². The summed E-state index contributed by atoms with van der Waals surface area (Å²) < 4.78 is 12.4. The van der Waals surface area contributed by atoms with E-state index in [0.29, 0.717) is 29.2 Å². The van der Waals surface area contributed by atoms with Crippen molar-refractivity contribution < 1.29 is 19.1 Å². The lowest BCUT2D eigenvalue weighted by Crippen LogP contribution is -2.21. The summed E-state index contributed by atoms with van der Waals surface area (Å²) in [7, 11) is 0. The molecule has 0 radical (unpaired) electrons. The van der Waals surface area contributed by atoms with Crippen molar-refractivity contribution in [2.45, 2.75) is 27.7 Å². The number of carbonyl (C=O) groups is 2. The molecule has 1 aromatic heterocycles. The maximum atomic E-state index is 12.8. The maximum absolute atomic E-state index is 12.8. The molecule has 0 fully saturated rings. The van der Waals surface area contributed by atoms with Crippen LogP contribution in [0.15, 0.2) is 89.3 Å². The van der Waals surface area contributed by atoms with Crippen LogP contribution in [0.4, 0.5) is 16.5 Å². The van der Waals surface area contributed by atoms with Gasteiger partial charge in [-0.05, 0) is 104 Å². The Morgan fingerprint density at radius 2 is 1.68 bits per heavy atom. The highest BCUT2D eigenvalue weighted by Crippen LogP contribution is 2.34. The van der Waals surface area contributed by atoms with E-state index in [9.17, 15) is 9.59 Å². The number of rotatable bonds is 12. The molecule has 9 nitrogen and oxygen atoms in total. The van der Waals surface area contributed by atoms with Gasteiger partial charge < -0.3 is 20.1 Å². The second-order valence-electron chi connectivity index (χ2n) is 10.7. The molecule has 0 aliphatic rings. The van der Waals surface area contributed by atoms with Crippen LogP contribution in [0.5, 0.6) is 11.5 Å². The number of nitrogens with one attached hydrogen (secondary N) is 3. The van der Waals surface area contributed by atoms with Gasteiger partial charge in [0.2, 0.25) is 0 Å². The van der Waals surface area contributed by atoms with E-state index in [1.807, 2.05) is 86.8 Å². The lowest BCUT2D eigenvalue weighted by Gasteiger charge is -2.15. The highest BCUT2D eigenvalue weighted by Gasteiger charge is 2.15. The molecule has 4 aromatic carbocycles. The van der Waals surface area contributed by atoms with E-state index in [4.69, 9.17) is 9.47 Å². The molecule has 47 heavy (non-hydrogen) atoms. The van der Waals surface area contributed by atoms with Crippen molar-refractivity contribution in [3.63, 3.8) is 0 Å². The van der Waals surface area contributed by atoms with Crippen molar-refractivity contribution >= 4 is 68.5 Å². The maximum Gasteiger partial charge on any atom is 0.271 e. The van der Waals surface area contributed by atoms with Gasteiger partial charge >= 0.3 is 0 Å². The van der Waals surface area contributed by atoms with Gasteiger partial charge in [0, 0.05) is 27.9 Å². The second-order valence-corrected chi connectivity index (χ2v) is 12.7. The Hall–Kier alpha value is -4.75. The van der Waals surface area contributed by atoms with Gasteiger partial charge in [-0.2, -0.15) is 5.10 Å². The van der Waals surface area contributed by atoms with Gasteiger partial charge in [-0.15, -0.1) is 11.3 Å². The zero-order valence-electron chi connectivity index (χ0n) is 26.4. The fourth-order valence-electron chi connectivity index (χ4n) is 4.59. The molecule has 1 heterocycles. The molecule has 0 unspecified atom stereocenters. The minimum absolute atomic E-state index is 0.181. The van der Waals surface area contributed by atoms with Crippen molar-refractivity contribution in [2.75, 3.05) is 23.8 Å². The first-order valence-electron chi connectivity index (χ1n) is 14.9. The third-order valence-electron chi connectivity index (χ3n) is 6.96. The first kappa shape index (κ1) is 33.6. The standard InChI is InChI=1S/C36H34IN5O4S/c1-5-45-32-18-25(17-29(37)34(32)46-20-33(43)40-30-15-8-23(3)16-24(30)4)19-38-42-35(44)27-11-9-26(10-12-27)31-21-47-36(41-31)39-28-13-6-22(2)7-14-28/h6-19,21H,5,20H2,1-4H3,(H,39,41)(H,40,43)(H,42,44)/b38-19+. The van der Waals surface area contributed by atoms with Gasteiger partial charge in [-0.1, -0.05) is 47.5 Å². The number of hydrazone groups is 1. The number of aromatic nitrogens is 1. The molecule has 11 heteroatoms. The summed E-state index contributed by atoms with van der Waals surface area (Å²) in [5, 5.41) is 13.1. The molecular formula is C36H34IN5O4S. The lowest BCUT2D eigenvalue weighted by molar-refractivity contribution is -0.118. The molecule has 240 valence electrons. The van der Waals surface area contributed by atoms with Gasteiger partial charge in [0.15, 0.2) is 23.2 Å². The lowest BCUT2D eigenvalue weighted by atomic mass is 10.1. The number of benzene rings is 4. The Bertz CT molecular complexity index is 1910. The Balaban J connectivity index is 1.17. The highest BCUT2D eigenvalue weighted by atomic mass is 127. The Labute approximate surface area is 291 Å². The molecule has 5 rings (SSSR count). The third-order valence-corrected chi connectivity index (χ3v) is 8.52. The van der Waals surface area contributed by atoms with Crippen molar-refractivity contribution in [1.29, 1.82) is 0 Å². The van der Waals surface area contributed by atoms with Crippen LogP contribution >= 0.6 is 33.9 Å². The second kappa shape index (κ2) is 15.7. The quantitative estimate of drug-likeness (QED) is 0.0671. The number of hydrogen-bond acceptors (Lipinski definition) is 8. The zero-order valence-corrected chi connectivity index (χ0v) is 29.4. The first-order valence-corrected chi connectivity index (χ1v) is 16.8. The normalized spacial score (nSPS) is 10.9. The van der Waals surface area contributed by atoms with Crippen molar-refractivity contribution in [1.82, 2.24) is 10.4 Å². The molecule has 5 aromatic rings. The first-order chi connectivity index (χ1) is 22.7. The summed E-state index contributed by atoms with van der Waals surface area (Å²) in [6, 6.07) is 24.8. The number of nitrogens with zero attached hydrogens (tertiary/aromatic N) is 2. The van der Waals surface area contributed by atoms with Crippen LogP contribution in [0.3, 0.4) is 0 Å². The van der Waals surface area contributed by atoms with Crippen LogP contribution in [0.25, 0.3) is 11.3 Å². The zero-order chi connectivity index (χ0) is 33.3. The fourth-order valence-corrected chi connectivity index (χ4v) is 6.11. The number of thiazole rings is 1. The third kappa shape index (κ3) is 9.17. The summed E-state index contributed by atoms with van der Waals surface area (Å²) in [4.78, 5) is 30.1. The molecule has 0 aliphatic heterocycles. The van der Waals surface area contributed by atoms with Crippen LogP contribution in [-0.2, 0) is 4.79 Å². The molecule has 3 N–H and O–H groups in total. The van der Waals surface area contributed by atoms with Crippen LogP contribution < -0.4 is 25.5 Å². The molecular weight excluding hydrogens is 725 g/mol. The minimum atomic E-state index is -0.345. The average molecular weight is 760 g/mol. The highest BCUT2D eigenvalue weighted by molar-refractivity contribution is 14.1. The van der Waals surface area contributed by atoms with Gasteiger partial charge in [0.05, 0.1) is 22.1 Å². The van der Waals surface area contributed by atoms with E-state index < -0.39 is 0 Å². The van der Waals surface area contributed by atoms with E-state index in [0.717, 1.165) is 42.5 Å². The molecule has 0 aliphatic carbocycles. The molecule has 0 atom stereocenters. The number of ether oxygens (including phenoxy) is 2. The summed E-state index contributed by atoms with van der Waals surface area (Å²) >= 11 is 3.64. The van der Waals surface area contributed by atoms with Gasteiger partial charge in [-0.3, -0.25) is 9.59 Å². The molecule has 0 saturated carbocycles. The van der Waals surface area contributed by atoms with Gasteiger partial charge in [0.25, 0.3) is 11.8 Å². The minimum Gasteiger partial charge on any atom is -0.490 e. The van der Waals surface area contributed by atoms with E-state index in [-0.39, 0.29) is 18.4 Å². The Kier molecular flexibility index (Phi) is 11.2. The average Bonchev–Trinajstić information content (AvgIpc) is 3.52. The van der Waals surface area contributed by atoms with Crippen molar-refractivity contribution in [3.05, 3.63) is 116 Å². The smallest absolute Gasteiger partial charge is 0.271 e. The number of anilines is 3. The molecule has 0 bridgehead atoms. The van der Waals surface area contributed by atoms with E-state index in [1.54, 1.807) is 18.2 Å². The van der Waals surface area contributed by atoms with Crippen LogP contribution in [0.2, 0.25) is 0 Å². The Morgan fingerprint density at radius 3 is 2.40 bits per heavy atom. The fraction of sp³-hybridized carbons (Fsp3) is 0.167. The van der Waals surface area contributed by atoms with E-state index >= 15 is 0 Å². The van der Waals surface area contributed by atoms with E-state index in [2.05, 4.69) is 55.7 Å². The number of amides is 2. The predicted octanol–water partition coefficient (Wildman–Crippen LogP) is 8.26. The SMILES string of the molecule is CCOc1cc(/C=N/NC(=O)c2ccc(-c3csc(Nc4ccc(C)cc4)n3)cc2)cc(I)c1OCC(=O)Nc1ccc(C)cc1C. The topological polar surface area (TPSA) is 114 Å². The Morgan fingerprint density at radius 1 is 0.936 bits per heavy atom. The van der Waals surface area contributed by atoms with Crippen LogP contribution in [-0.4, -0.2) is 36.2 Å². The monoisotopic (exact) mass is 759 g/mol.